The van der Waals surface area contributed by atoms with E-state index in [1.165, 1.54) is 24.3 Å². The van der Waals surface area contributed by atoms with Gasteiger partial charge in [0.05, 0.1) is 12.1 Å². The zero-order valence-corrected chi connectivity index (χ0v) is 9.06. The van der Waals surface area contributed by atoms with E-state index in [-0.39, 0.29) is 4.90 Å². The molecule has 0 saturated heterocycles. The molecule has 86 valence electrons. The maximum Gasteiger partial charge on any atom is 0.341 e. The number of sulfone groups is 1. The Morgan fingerprint density at radius 3 is 1.80 bits per heavy atom. The van der Waals surface area contributed by atoms with Crippen LogP contribution in [0, 0.1) is 6.92 Å². The molecule has 6 heteroatoms. The van der Waals surface area contributed by atoms with Crippen LogP contribution in [0.2, 0.25) is 0 Å². The molecular weight excluding hydrogens is 229 g/mol. The van der Waals surface area contributed by atoms with Crippen molar-refractivity contribution in [3.8, 4) is 0 Å². The summed E-state index contributed by atoms with van der Waals surface area (Å²) in [5.74, 6) is -3.35. The first-order valence-electron chi connectivity index (χ1n) is 3.91. The smallest absolute Gasteiger partial charge is 0.255 e. The Morgan fingerprint density at radius 1 is 1.07 bits per heavy atom. The van der Waals surface area contributed by atoms with Crippen LogP contribution >= 0.6 is 0 Å². The average Bonchev–Trinajstić information content (AvgIpc) is 2.21. The van der Waals surface area contributed by atoms with Gasteiger partial charge in [-0.3, -0.25) is 4.39 Å². The van der Waals surface area contributed by atoms with Crippen LogP contribution in [0.5, 0.6) is 0 Å². The monoisotopic (exact) mass is 240 g/mol. The topological polar surface area (TPSA) is 34.1 Å². The van der Waals surface area contributed by atoms with Crippen LogP contribution in [-0.4, -0.2) is 21.4 Å². The second-order valence-corrected chi connectivity index (χ2v) is 4.54. The third kappa shape index (κ3) is 3.54. The lowest BCUT2D eigenvalue weighted by molar-refractivity contribution is 0.234. The van der Waals surface area contributed by atoms with Crippen molar-refractivity contribution in [3.05, 3.63) is 29.8 Å². The summed E-state index contributed by atoms with van der Waals surface area (Å²) in [7, 11) is -3.93. The van der Waals surface area contributed by atoms with Crippen molar-refractivity contribution in [1.82, 2.24) is 0 Å². The number of benzene rings is 1. The van der Waals surface area contributed by atoms with Crippen LogP contribution in [0.15, 0.2) is 29.2 Å². The fourth-order valence-corrected chi connectivity index (χ4v) is 1.55. The van der Waals surface area contributed by atoms with Crippen molar-refractivity contribution in [1.29, 1.82) is 0 Å². The van der Waals surface area contributed by atoms with Crippen LogP contribution in [0.4, 0.5) is 13.2 Å². The molecule has 15 heavy (non-hydrogen) atoms. The first-order chi connectivity index (χ1) is 6.94. The van der Waals surface area contributed by atoms with Crippen LogP contribution < -0.4 is 0 Å². The highest BCUT2D eigenvalue weighted by atomic mass is 32.2. The van der Waals surface area contributed by atoms with E-state index in [0.29, 0.717) is 7.18 Å². The maximum absolute atomic E-state index is 12.0. The third-order valence-corrected chi connectivity index (χ3v) is 2.98. The summed E-state index contributed by atoms with van der Waals surface area (Å²) in [6.07, 6.45) is 0. The van der Waals surface area contributed by atoms with Gasteiger partial charge in [-0.2, -0.15) is 8.78 Å². The molecule has 0 radical (unpaired) electrons. The molecule has 0 N–H and O–H groups in total. The number of halogens is 3. The van der Waals surface area contributed by atoms with Crippen LogP contribution in [0.1, 0.15) is 5.56 Å². The standard InChI is InChI=1S/C8H8F2O2S.CH3F/c1-6-2-4-7(5-3-6)13(11,12)8(9)10;1-2/h2-5,8H,1H3;1H3. The Balaban J connectivity index is 0.000000921. The maximum atomic E-state index is 12.0. The number of hydrogen-bond acceptors (Lipinski definition) is 2. The summed E-state index contributed by atoms with van der Waals surface area (Å²) >= 11 is 0. The van der Waals surface area contributed by atoms with Crippen molar-refractivity contribution in [2.75, 3.05) is 7.18 Å². The molecule has 0 aliphatic carbocycles. The molecule has 0 bridgehead atoms. The zero-order valence-electron chi connectivity index (χ0n) is 8.25. The Bertz CT molecular complexity index is 384. The number of hydrogen-bond donors (Lipinski definition) is 0. The fraction of sp³-hybridized carbons (Fsp3) is 0.333. The van der Waals surface area contributed by atoms with Crippen LogP contribution in [0.25, 0.3) is 0 Å². The number of rotatable bonds is 2. The highest BCUT2D eigenvalue weighted by Gasteiger charge is 2.25. The lowest BCUT2D eigenvalue weighted by Gasteiger charge is -2.02. The summed E-state index contributed by atoms with van der Waals surface area (Å²) in [5.41, 5.74) is 0.827. The highest BCUT2D eigenvalue weighted by molar-refractivity contribution is 7.91. The second kappa shape index (κ2) is 5.75. The normalized spacial score (nSPS) is 10.8. The van der Waals surface area contributed by atoms with Crippen molar-refractivity contribution in [2.45, 2.75) is 17.6 Å². The molecule has 0 spiro atoms. The summed E-state index contributed by atoms with van der Waals surface area (Å²) in [6.45, 7) is 1.75. The lowest BCUT2D eigenvalue weighted by atomic mass is 10.2. The van der Waals surface area contributed by atoms with E-state index < -0.39 is 15.6 Å². The predicted octanol–water partition coefficient (Wildman–Crippen LogP) is 2.58. The van der Waals surface area contributed by atoms with Crippen LogP contribution in [-0.2, 0) is 9.84 Å². The first kappa shape index (κ1) is 14.0. The zero-order chi connectivity index (χ0) is 12.1. The van der Waals surface area contributed by atoms with E-state index in [9.17, 15) is 21.6 Å². The molecule has 0 saturated carbocycles. The van der Waals surface area contributed by atoms with Gasteiger partial charge in [0, 0.05) is 0 Å². The van der Waals surface area contributed by atoms with Gasteiger partial charge in [-0.15, -0.1) is 0 Å². The fourth-order valence-electron chi connectivity index (χ4n) is 0.831. The minimum absolute atomic E-state index is 0.340. The van der Waals surface area contributed by atoms with Gasteiger partial charge >= 0.3 is 5.76 Å². The third-order valence-electron chi connectivity index (χ3n) is 1.58. The van der Waals surface area contributed by atoms with Gasteiger partial charge in [0.15, 0.2) is 0 Å². The predicted molar refractivity (Wildman–Crippen MR) is 51.4 cm³/mol. The van der Waals surface area contributed by atoms with Gasteiger partial charge in [-0.05, 0) is 19.1 Å². The van der Waals surface area contributed by atoms with Crippen molar-refractivity contribution in [2.24, 2.45) is 0 Å². The van der Waals surface area contributed by atoms with E-state index in [0.717, 1.165) is 5.56 Å². The molecule has 0 unspecified atom stereocenters. The molecule has 0 heterocycles. The van der Waals surface area contributed by atoms with Gasteiger partial charge in [-0.1, -0.05) is 17.7 Å². The Hall–Kier alpha value is -1.04. The Morgan fingerprint density at radius 2 is 1.47 bits per heavy atom. The summed E-state index contributed by atoms with van der Waals surface area (Å²) in [4.78, 5) is -0.340. The molecule has 0 fully saturated rings. The van der Waals surface area contributed by atoms with E-state index in [1.54, 1.807) is 6.92 Å². The van der Waals surface area contributed by atoms with Crippen molar-refractivity contribution < 1.29 is 21.6 Å². The summed E-state index contributed by atoms with van der Waals surface area (Å²) in [6, 6.07) is 5.32. The molecular formula is C9H11F3O2S. The summed E-state index contributed by atoms with van der Waals surface area (Å²) in [5, 5.41) is 0. The van der Waals surface area contributed by atoms with Gasteiger partial charge < -0.3 is 0 Å². The van der Waals surface area contributed by atoms with Gasteiger partial charge in [0.25, 0.3) is 0 Å². The van der Waals surface area contributed by atoms with E-state index in [1.807, 2.05) is 0 Å². The largest absolute Gasteiger partial charge is 0.341 e. The Kier molecular flexibility index (Phi) is 5.35. The quantitative estimate of drug-likeness (QED) is 0.796. The number of aryl methyl sites for hydroxylation is 1. The van der Waals surface area contributed by atoms with Gasteiger partial charge in [-0.25, -0.2) is 8.42 Å². The molecule has 1 aromatic carbocycles. The molecule has 1 aromatic rings. The molecule has 0 amide bonds. The SMILES string of the molecule is CF.Cc1ccc(S(=O)(=O)C(F)F)cc1. The van der Waals surface area contributed by atoms with E-state index >= 15 is 0 Å². The van der Waals surface area contributed by atoms with Crippen LogP contribution in [0.3, 0.4) is 0 Å². The van der Waals surface area contributed by atoms with Crippen molar-refractivity contribution in [3.63, 3.8) is 0 Å². The summed E-state index contributed by atoms with van der Waals surface area (Å²) < 4.78 is 55.3. The molecule has 0 aliphatic heterocycles. The minimum atomic E-state index is -4.43. The van der Waals surface area contributed by atoms with E-state index in [2.05, 4.69) is 0 Å². The molecule has 0 atom stereocenters. The highest BCUT2D eigenvalue weighted by Crippen LogP contribution is 2.17. The van der Waals surface area contributed by atoms with Crippen molar-refractivity contribution >= 4 is 9.84 Å². The molecule has 0 aromatic heterocycles. The molecule has 1 rings (SSSR count). The Labute approximate surface area is 86.7 Å². The van der Waals surface area contributed by atoms with Gasteiger partial charge in [0.1, 0.15) is 0 Å². The molecule has 2 nitrogen and oxygen atoms in total. The minimum Gasteiger partial charge on any atom is -0.255 e. The lowest BCUT2D eigenvalue weighted by Crippen LogP contribution is -2.11. The molecule has 0 aliphatic rings. The first-order valence-corrected chi connectivity index (χ1v) is 5.46. The average molecular weight is 240 g/mol. The second-order valence-electron chi connectivity index (χ2n) is 2.62. The van der Waals surface area contributed by atoms with Gasteiger partial charge in [0.2, 0.25) is 9.84 Å². The van der Waals surface area contributed by atoms with E-state index in [4.69, 9.17) is 0 Å². The number of alkyl halides is 3.